The number of fused-ring (bicyclic) bond motifs is 5. The average molecular weight is 330 g/mol. The van der Waals surface area contributed by atoms with E-state index in [1.54, 1.807) is 6.92 Å². The lowest BCUT2D eigenvalue weighted by Gasteiger charge is -2.55. The minimum atomic E-state index is -0.128. The van der Waals surface area contributed by atoms with Gasteiger partial charge < -0.3 is 4.74 Å². The summed E-state index contributed by atoms with van der Waals surface area (Å²) in [7, 11) is 0. The van der Waals surface area contributed by atoms with Gasteiger partial charge in [0.05, 0.1) is 0 Å². The molecule has 0 aromatic rings. The Balaban J connectivity index is 1.62. The molecule has 3 unspecified atom stereocenters. The lowest BCUT2D eigenvalue weighted by atomic mass is 9.49. The second-order valence-corrected chi connectivity index (χ2v) is 9.08. The molecule has 0 spiro atoms. The maximum absolute atomic E-state index is 11.8. The van der Waals surface area contributed by atoms with Crippen LogP contribution < -0.4 is 0 Å². The van der Waals surface area contributed by atoms with E-state index in [1.807, 2.05) is 6.08 Å². The molecule has 0 saturated heterocycles. The Morgan fingerprint density at radius 2 is 2.04 bits per heavy atom. The lowest BCUT2D eigenvalue weighted by Crippen LogP contribution is -2.50. The van der Waals surface area contributed by atoms with Crippen molar-refractivity contribution in [1.82, 2.24) is 0 Å². The monoisotopic (exact) mass is 330 g/mol. The highest BCUT2D eigenvalue weighted by molar-refractivity contribution is 5.91. The Bertz CT molecular complexity index is 592. The summed E-state index contributed by atoms with van der Waals surface area (Å²) in [5, 5.41) is 0. The topological polar surface area (TPSA) is 43.4 Å². The molecular formula is C21H30O3. The zero-order chi connectivity index (χ0) is 17.1. The standard InChI is InChI=1S/C21H30O3/c1-12-10-14-11-15(23)4-5-16(14)17-8-9-21(3)18(20(12)17)6-7-19(21)24-13(2)22/h11-12,16-20H,4-10H2,1-3H3/t12-,16+,17?,18?,19+,20?,21+/m1/s1. The molecule has 0 heterocycles. The highest BCUT2D eigenvalue weighted by Gasteiger charge is 2.58. The molecule has 132 valence electrons. The van der Waals surface area contributed by atoms with E-state index in [1.165, 1.54) is 24.8 Å². The van der Waals surface area contributed by atoms with Crippen LogP contribution >= 0.6 is 0 Å². The maximum Gasteiger partial charge on any atom is 0.302 e. The summed E-state index contributed by atoms with van der Waals surface area (Å²) in [6, 6.07) is 0. The van der Waals surface area contributed by atoms with Gasteiger partial charge in [-0.1, -0.05) is 19.4 Å². The van der Waals surface area contributed by atoms with Crippen molar-refractivity contribution in [3.8, 4) is 0 Å². The second kappa shape index (κ2) is 5.71. The third kappa shape index (κ3) is 2.38. The molecule has 24 heavy (non-hydrogen) atoms. The average Bonchev–Trinajstić information content (AvgIpc) is 2.83. The number of rotatable bonds is 1. The van der Waals surface area contributed by atoms with Crippen LogP contribution in [0.5, 0.6) is 0 Å². The summed E-state index contributed by atoms with van der Waals surface area (Å²) < 4.78 is 5.72. The molecule has 0 amide bonds. The molecular weight excluding hydrogens is 300 g/mol. The first kappa shape index (κ1) is 16.4. The van der Waals surface area contributed by atoms with Gasteiger partial charge in [0, 0.05) is 18.8 Å². The van der Waals surface area contributed by atoms with Gasteiger partial charge in [0.1, 0.15) is 6.10 Å². The first-order chi connectivity index (χ1) is 11.4. The minimum absolute atomic E-state index is 0.109. The van der Waals surface area contributed by atoms with E-state index in [9.17, 15) is 9.59 Å². The van der Waals surface area contributed by atoms with Gasteiger partial charge in [0.25, 0.3) is 0 Å². The lowest BCUT2D eigenvalue weighted by molar-refractivity contribution is -0.157. The fraction of sp³-hybridized carbons (Fsp3) is 0.810. The molecule has 3 heteroatoms. The SMILES string of the molecule is CC(=O)O[C@H]1CCC2C3C(CC[C@@]21C)[C@H]1CCC(=O)C=C1C[C@H]3C. The number of carbonyl (C=O) groups is 2. The van der Waals surface area contributed by atoms with Crippen LogP contribution in [-0.4, -0.2) is 17.9 Å². The van der Waals surface area contributed by atoms with Crippen molar-refractivity contribution in [3.63, 3.8) is 0 Å². The fourth-order valence-electron chi connectivity index (χ4n) is 6.93. The molecule has 4 rings (SSSR count). The number of hydrogen-bond donors (Lipinski definition) is 0. The van der Waals surface area contributed by atoms with Crippen molar-refractivity contribution < 1.29 is 14.3 Å². The smallest absolute Gasteiger partial charge is 0.302 e. The van der Waals surface area contributed by atoms with Crippen molar-refractivity contribution in [2.75, 3.05) is 0 Å². The molecule has 0 aliphatic heterocycles. The van der Waals surface area contributed by atoms with Crippen LogP contribution in [0.25, 0.3) is 0 Å². The van der Waals surface area contributed by atoms with Gasteiger partial charge in [0.2, 0.25) is 0 Å². The molecule has 7 atom stereocenters. The molecule has 4 aliphatic rings. The molecule has 3 fully saturated rings. The Kier molecular flexibility index (Phi) is 3.89. The second-order valence-electron chi connectivity index (χ2n) is 9.08. The third-order valence-corrected chi connectivity index (χ3v) is 7.86. The normalized spacial score (nSPS) is 47.3. The molecule has 4 aliphatic carbocycles. The summed E-state index contributed by atoms with van der Waals surface area (Å²) in [4.78, 5) is 23.4. The number of allylic oxidation sites excluding steroid dienone is 1. The van der Waals surface area contributed by atoms with E-state index in [-0.39, 0.29) is 17.5 Å². The quantitative estimate of drug-likeness (QED) is 0.673. The molecule has 0 aromatic carbocycles. The van der Waals surface area contributed by atoms with E-state index in [0.717, 1.165) is 37.5 Å². The highest BCUT2D eigenvalue weighted by Crippen LogP contribution is 2.63. The first-order valence-corrected chi connectivity index (χ1v) is 9.80. The summed E-state index contributed by atoms with van der Waals surface area (Å²) in [6.07, 6.45) is 9.62. The van der Waals surface area contributed by atoms with E-state index < -0.39 is 0 Å². The van der Waals surface area contributed by atoms with Gasteiger partial charge in [-0.3, -0.25) is 9.59 Å². The van der Waals surface area contributed by atoms with Crippen molar-refractivity contribution in [2.24, 2.45) is 35.0 Å². The molecule has 0 aromatic heterocycles. The Morgan fingerprint density at radius 3 is 2.79 bits per heavy atom. The minimum Gasteiger partial charge on any atom is -0.462 e. The van der Waals surface area contributed by atoms with Crippen molar-refractivity contribution in [2.45, 2.75) is 71.8 Å². The van der Waals surface area contributed by atoms with E-state index >= 15 is 0 Å². The van der Waals surface area contributed by atoms with Crippen molar-refractivity contribution in [1.29, 1.82) is 0 Å². The van der Waals surface area contributed by atoms with Crippen LogP contribution in [0.3, 0.4) is 0 Å². The Morgan fingerprint density at radius 1 is 1.25 bits per heavy atom. The van der Waals surface area contributed by atoms with Crippen LogP contribution in [0.15, 0.2) is 11.6 Å². The van der Waals surface area contributed by atoms with Crippen LogP contribution in [0.1, 0.15) is 65.7 Å². The number of esters is 1. The predicted octanol–water partition coefficient (Wildman–Crippen LogP) is 4.31. The Hall–Kier alpha value is -1.12. The van der Waals surface area contributed by atoms with E-state index in [4.69, 9.17) is 4.74 Å². The van der Waals surface area contributed by atoms with Crippen molar-refractivity contribution >= 4 is 11.8 Å². The van der Waals surface area contributed by atoms with Gasteiger partial charge >= 0.3 is 5.97 Å². The van der Waals surface area contributed by atoms with E-state index in [0.29, 0.717) is 23.5 Å². The van der Waals surface area contributed by atoms with Crippen LogP contribution in [0.4, 0.5) is 0 Å². The molecule has 0 N–H and O–H groups in total. The highest BCUT2D eigenvalue weighted by atomic mass is 16.5. The molecule has 0 radical (unpaired) electrons. The number of hydrogen-bond acceptors (Lipinski definition) is 3. The number of carbonyl (C=O) groups excluding carboxylic acids is 2. The van der Waals surface area contributed by atoms with E-state index in [2.05, 4.69) is 13.8 Å². The van der Waals surface area contributed by atoms with Crippen LogP contribution in [0, 0.1) is 35.0 Å². The summed E-state index contributed by atoms with van der Waals surface area (Å²) in [6.45, 7) is 6.30. The van der Waals surface area contributed by atoms with Crippen LogP contribution in [-0.2, 0) is 14.3 Å². The van der Waals surface area contributed by atoms with Gasteiger partial charge in [-0.2, -0.15) is 0 Å². The summed E-state index contributed by atoms with van der Waals surface area (Å²) >= 11 is 0. The third-order valence-electron chi connectivity index (χ3n) is 7.86. The summed E-state index contributed by atoms with van der Waals surface area (Å²) in [5.74, 6) is 3.64. The van der Waals surface area contributed by atoms with Crippen molar-refractivity contribution in [3.05, 3.63) is 11.6 Å². The Labute approximate surface area is 145 Å². The fourth-order valence-corrected chi connectivity index (χ4v) is 6.93. The van der Waals surface area contributed by atoms with Gasteiger partial charge in [-0.05, 0) is 74.2 Å². The largest absolute Gasteiger partial charge is 0.462 e. The molecule has 0 bridgehead atoms. The molecule has 3 nitrogen and oxygen atoms in total. The number of ether oxygens (including phenoxy) is 1. The zero-order valence-corrected chi connectivity index (χ0v) is 15.2. The zero-order valence-electron chi connectivity index (χ0n) is 15.2. The predicted molar refractivity (Wildman–Crippen MR) is 92.2 cm³/mol. The van der Waals surface area contributed by atoms with Crippen LogP contribution in [0.2, 0.25) is 0 Å². The first-order valence-electron chi connectivity index (χ1n) is 9.80. The van der Waals surface area contributed by atoms with Gasteiger partial charge in [0.15, 0.2) is 5.78 Å². The maximum atomic E-state index is 11.8. The summed E-state index contributed by atoms with van der Waals surface area (Å²) in [5.41, 5.74) is 1.60. The molecule has 3 saturated carbocycles. The van der Waals surface area contributed by atoms with Gasteiger partial charge in [-0.25, -0.2) is 0 Å². The van der Waals surface area contributed by atoms with Gasteiger partial charge in [-0.15, -0.1) is 0 Å². The number of ketones is 1.